The molecule has 2 aliphatic heterocycles. The van der Waals surface area contributed by atoms with Gasteiger partial charge in [-0.3, -0.25) is 19.4 Å². The fourth-order valence-corrected chi connectivity index (χ4v) is 6.41. The van der Waals surface area contributed by atoms with E-state index in [0.29, 0.717) is 43.6 Å². The summed E-state index contributed by atoms with van der Waals surface area (Å²) in [5, 5.41) is 27.3. The molecule has 55 heavy (non-hydrogen) atoms. The van der Waals surface area contributed by atoms with Crippen LogP contribution in [0.4, 0.5) is 0 Å². The van der Waals surface area contributed by atoms with Gasteiger partial charge in [-0.15, -0.1) is 0 Å². The monoisotopic (exact) mass is 792 g/mol. The zero-order valence-corrected chi connectivity index (χ0v) is 32.5. The van der Waals surface area contributed by atoms with Crippen molar-refractivity contribution in [3.8, 4) is 0 Å². The molecule has 0 aliphatic carbocycles. The van der Waals surface area contributed by atoms with Gasteiger partial charge < -0.3 is 42.5 Å². The molecular weight excluding hydrogens is 744 g/mol. The van der Waals surface area contributed by atoms with Gasteiger partial charge in [0.15, 0.2) is 5.96 Å². The SMILES string of the molecule is C=Cc1c(C)c2cc3[nH]c(cc4nc(cc5nc(cc1[nH]2)C(C)=C5CCC(=O)O)C(CCC(=O)O)=C4C)c(C)c3C=C.NC(N)=NCCC[C@H](N)C(=O)O.[Fe]. The Morgan fingerprint density at radius 2 is 1.18 bits per heavy atom. The first-order valence-corrected chi connectivity index (χ1v) is 17.4. The molecule has 0 aromatic carbocycles. The Balaban J connectivity index is 0.000000541. The number of guanidine groups is 1. The summed E-state index contributed by atoms with van der Waals surface area (Å²) in [4.78, 5) is 53.9. The third-order valence-electron chi connectivity index (χ3n) is 9.50. The molecular formula is C40H48FeN8O6. The Morgan fingerprint density at radius 3 is 1.60 bits per heavy atom. The van der Waals surface area contributed by atoms with E-state index in [0.717, 1.165) is 78.0 Å². The first-order chi connectivity index (χ1) is 25.6. The van der Waals surface area contributed by atoms with Crippen LogP contribution in [0.5, 0.6) is 0 Å². The molecule has 1 atom stereocenters. The second kappa shape index (κ2) is 19.0. The number of aromatic amines is 2. The van der Waals surface area contributed by atoms with E-state index >= 15 is 0 Å². The molecule has 14 nitrogen and oxygen atoms in total. The molecule has 0 spiro atoms. The number of rotatable bonds is 13. The van der Waals surface area contributed by atoms with Crippen molar-refractivity contribution in [3.05, 3.63) is 82.5 Å². The van der Waals surface area contributed by atoms with Gasteiger partial charge in [0.1, 0.15) is 6.04 Å². The van der Waals surface area contributed by atoms with Crippen LogP contribution >= 0.6 is 0 Å². The molecule has 5 heterocycles. The topological polar surface area (TPSA) is 260 Å². The minimum Gasteiger partial charge on any atom is -0.481 e. The summed E-state index contributed by atoms with van der Waals surface area (Å²) in [6.07, 6.45) is 5.15. The van der Waals surface area contributed by atoms with Gasteiger partial charge in [-0.1, -0.05) is 25.3 Å². The summed E-state index contributed by atoms with van der Waals surface area (Å²) in [7, 11) is 0. The predicted octanol–water partition coefficient (Wildman–Crippen LogP) is 6.26. The fourth-order valence-electron chi connectivity index (χ4n) is 6.41. The number of carboxylic acid groups (broad SMARTS) is 3. The zero-order chi connectivity index (χ0) is 39.9. The summed E-state index contributed by atoms with van der Waals surface area (Å²) in [5.41, 5.74) is 29.0. The summed E-state index contributed by atoms with van der Waals surface area (Å²) in [5.74, 6) is -2.76. The Morgan fingerprint density at radius 1 is 0.745 bits per heavy atom. The number of aromatic nitrogens is 4. The number of aliphatic carboxylic acids is 3. The molecule has 0 saturated carbocycles. The van der Waals surface area contributed by atoms with Crippen LogP contribution in [0.2, 0.25) is 0 Å². The van der Waals surface area contributed by atoms with Gasteiger partial charge in [0.25, 0.3) is 0 Å². The standard InChI is InChI=1S/C34H34N4O4.C6H14N4O2.Fe/c1-7-21-17(3)25-13-26-19(5)23(9-11-33(39)40)31(37-26)16-32-24(10-12-34(41)42)20(6)28(38-32)15-30-22(8-2)18(4)27(36-30)14-29(21)35-25;7-4(5(11)12)2-1-3-10-6(8)9;/h7-8,13-16,35-36H,1-2,9-12H2,3-6H3,(H,39,40)(H,41,42);4H,1-3,7H2,(H,11,12)(H4,8,9,10);/t;4-;/m.0./s1. The van der Waals surface area contributed by atoms with Crippen LogP contribution in [0.1, 0.15) is 97.4 Å². The Hall–Kier alpha value is -5.76. The Kier molecular flexibility index (Phi) is 15.1. The molecule has 0 unspecified atom stereocenters. The molecule has 3 aromatic heterocycles. The first kappa shape index (κ1) is 43.6. The summed E-state index contributed by atoms with van der Waals surface area (Å²) in [6, 6.07) is 7.06. The molecule has 0 saturated heterocycles. The van der Waals surface area contributed by atoms with E-state index in [9.17, 15) is 24.6 Å². The maximum Gasteiger partial charge on any atom is 0.320 e. The van der Waals surface area contributed by atoms with Crippen molar-refractivity contribution in [2.45, 2.75) is 72.3 Å². The van der Waals surface area contributed by atoms with E-state index < -0.39 is 23.9 Å². The largest absolute Gasteiger partial charge is 0.481 e. The second-order valence-corrected chi connectivity index (χ2v) is 13.1. The molecule has 15 heteroatoms. The molecule has 8 bridgehead atoms. The number of nitrogens with one attached hydrogen (secondary N) is 2. The smallest absolute Gasteiger partial charge is 0.320 e. The van der Waals surface area contributed by atoms with Gasteiger partial charge in [-0.25, -0.2) is 9.97 Å². The summed E-state index contributed by atoms with van der Waals surface area (Å²) >= 11 is 0. The third kappa shape index (κ3) is 10.5. The molecule has 0 fully saturated rings. The number of nitrogens with zero attached hydrogens (tertiary/aromatic N) is 3. The second-order valence-electron chi connectivity index (χ2n) is 13.1. The van der Waals surface area contributed by atoms with Crippen molar-refractivity contribution in [1.29, 1.82) is 0 Å². The molecule has 3 aromatic rings. The van der Waals surface area contributed by atoms with Crippen LogP contribution < -0.4 is 17.2 Å². The predicted molar refractivity (Wildman–Crippen MR) is 215 cm³/mol. The van der Waals surface area contributed by atoms with E-state index in [1.54, 1.807) is 0 Å². The molecule has 11 N–H and O–H groups in total. The van der Waals surface area contributed by atoms with Gasteiger partial charge >= 0.3 is 17.9 Å². The van der Waals surface area contributed by atoms with Gasteiger partial charge in [-0.05, 0) is 111 Å². The van der Waals surface area contributed by atoms with E-state index in [1.807, 2.05) is 58.0 Å². The zero-order valence-electron chi connectivity index (χ0n) is 31.4. The van der Waals surface area contributed by atoms with E-state index in [1.165, 1.54) is 0 Å². The number of aliphatic imine (C=N–C) groups is 1. The third-order valence-corrected chi connectivity index (χ3v) is 9.50. The maximum absolute atomic E-state index is 11.5. The maximum atomic E-state index is 11.5. The number of fused-ring (bicyclic) bond motifs is 8. The number of hydrogen-bond donors (Lipinski definition) is 8. The number of nitrogens with two attached hydrogens (primary N) is 3. The number of aryl methyl sites for hydroxylation is 2. The van der Waals surface area contributed by atoms with E-state index in [-0.39, 0.29) is 35.9 Å². The van der Waals surface area contributed by atoms with Gasteiger partial charge in [0.2, 0.25) is 0 Å². The number of H-pyrrole nitrogens is 2. The van der Waals surface area contributed by atoms with Crippen LogP contribution in [0.15, 0.2) is 42.4 Å². The average molecular weight is 793 g/mol. The number of carboxylic acids is 3. The van der Waals surface area contributed by atoms with Crippen LogP contribution in [0.3, 0.4) is 0 Å². The molecule has 5 rings (SSSR count). The first-order valence-electron chi connectivity index (χ1n) is 17.4. The quantitative estimate of drug-likeness (QED) is 0.0415. The number of carbonyl (C=O) groups is 3. The van der Waals surface area contributed by atoms with Crippen molar-refractivity contribution in [1.82, 2.24) is 19.9 Å². The van der Waals surface area contributed by atoms with Crippen molar-refractivity contribution in [2.24, 2.45) is 22.2 Å². The normalized spacial score (nSPS) is 12.6. The Labute approximate surface area is 329 Å². The van der Waals surface area contributed by atoms with Crippen molar-refractivity contribution in [3.63, 3.8) is 0 Å². The molecule has 292 valence electrons. The van der Waals surface area contributed by atoms with Crippen LogP contribution in [0.25, 0.3) is 56.5 Å². The van der Waals surface area contributed by atoms with Crippen molar-refractivity contribution in [2.75, 3.05) is 6.54 Å². The van der Waals surface area contributed by atoms with Crippen molar-refractivity contribution < 1.29 is 46.8 Å². The Bertz CT molecular complexity index is 2280. The number of hydrogen-bond acceptors (Lipinski definition) is 7. The minimum absolute atomic E-state index is 0. The minimum atomic E-state index is -1.00. The van der Waals surface area contributed by atoms with Crippen LogP contribution in [0, 0.1) is 13.8 Å². The summed E-state index contributed by atoms with van der Waals surface area (Å²) < 4.78 is 0. The molecule has 2 aliphatic rings. The molecule has 0 radical (unpaired) electrons. The number of allylic oxidation sites excluding steroid dienone is 4. The van der Waals surface area contributed by atoms with Crippen LogP contribution in [-0.2, 0) is 31.5 Å². The fraction of sp³-hybridized carbons (Fsp3) is 0.300. The van der Waals surface area contributed by atoms with Crippen molar-refractivity contribution >= 4 is 80.4 Å². The van der Waals surface area contributed by atoms with E-state index in [2.05, 4.69) is 34.2 Å². The van der Waals surface area contributed by atoms with Gasteiger partial charge in [-0.2, -0.15) is 0 Å². The molecule has 0 amide bonds. The average Bonchev–Trinajstić information content (AvgIpc) is 3.77. The van der Waals surface area contributed by atoms with Gasteiger partial charge in [0, 0.05) is 69.6 Å². The van der Waals surface area contributed by atoms with E-state index in [4.69, 9.17) is 32.3 Å². The van der Waals surface area contributed by atoms with Gasteiger partial charge in [0.05, 0.1) is 22.8 Å². The van der Waals surface area contributed by atoms with Crippen LogP contribution in [-0.4, -0.2) is 71.7 Å². The summed E-state index contributed by atoms with van der Waals surface area (Å²) in [6.45, 7) is 16.5.